The number of halogens is 2. The molecule has 1 atom stereocenters. The molecular formula is C16H33Cl2N3O2. The van der Waals surface area contributed by atoms with E-state index in [0.29, 0.717) is 11.8 Å². The second kappa shape index (κ2) is 13.2. The summed E-state index contributed by atoms with van der Waals surface area (Å²) in [6, 6.07) is 0. The molecule has 2 aliphatic heterocycles. The topological polar surface area (TPSA) is 58.8 Å². The smallest absolute Gasteiger partial charge is 0.222 e. The molecule has 0 aromatic carbocycles. The van der Waals surface area contributed by atoms with Gasteiger partial charge in [0.05, 0.1) is 13.2 Å². The van der Waals surface area contributed by atoms with Gasteiger partial charge < -0.3 is 15.4 Å². The standard InChI is InChI=1S/C16H31N3O2.2ClH/c17-7-4-2-1-3-5-16(20)19-8-6-15(14-19)13-18-9-11-21-12-10-18;;/h15H,1-14,17H2;2*1H. The quantitative estimate of drug-likeness (QED) is 0.664. The fourth-order valence-corrected chi connectivity index (χ4v) is 3.29. The van der Waals surface area contributed by atoms with Crippen molar-refractivity contribution in [3.05, 3.63) is 0 Å². The van der Waals surface area contributed by atoms with Gasteiger partial charge in [-0.2, -0.15) is 0 Å². The van der Waals surface area contributed by atoms with Crippen LogP contribution in [0.5, 0.6) is 0 Å². The van der Waals surface area contributed by atoms with Crippen molar-refractivity contribution >= 4 is 30.7 Å². The molecule has 138 valence electrons. The average Bonchev–Trinajstić information content (AvgIpc) is 2.96. The van der Waals surface area contributed by atoms with Crippen molar-refractivity contribution in [2.45, 2.75) is 38.5 Å². The van der Waals surface area contributed by atoms with E-state index in [0.717, 1.165) is 91.0 Å². The number of carbonyl (C=O) groups excluding carboxylic acids is 1. The maximum absolute atomic E-state index is 12.2. The van der Waals surface area contributed by atoms with Crippen LogP contribution >= 0.6 is 24.8 Å². The molecule has 7 heteroatoms. The third-order valence-corrected chi connectivity index (χ3v) is 4.60. The van der Waals surface area contributed by atoms with Gasteiger partial charge >= 0.3 is 0 Å². The summed E-state index contributed by atoms with van der Waals surface area (Å²) in [7, 11) is 0. The lowest BCUT2D eigenvalue weighted by molar-refractivity contribution is -0.130. The number of ether oxygens (including phenoxy) is 1. The van der Waals surface area contributed by atoms with Gasteiger partial charge in [0.1, 0.15) is 0 Å². The van der Waals surface area contributed by atoms with Crippen molar-refractivity contribution in [3.8, 4) is 0 Å². The van der Waals surface area contributed by atoms with Crippen LogP contribution in [0.2, 0.25) is 0 Å². The van der Waals surface area contributed by atoms with E-state index in [1.165, 1.54) is 0 Å². The summed E-state index contributed by atoms with van der Waals surface area (Å²) in [5.41, 5.74) is 5.48. The lowest BCUT2D eigenvalue weighted by Crippen LogP contribution is -2.40. The molecule has 5 nitrogen and oxygen atoms in total. The van der Waals surface area contributed by atoms with E-state index in [1.54, 1.807) is 0 Å². The zero-order valence-electron chi connectivity index (χ0n) is 14.1. The lowest BCUT2D eigenvalue weighted by Gasteiger charge is -2.29. The van der Waals surface area contributed by atoms with Crippen molar-refractivity contribution in [2.24, 2.45) is 11.7 Å². The largest absolute Gasteiger partial charge is 0.379 e. The number of unbranched alkanes of at least 4 members (excludes halogenated alkanes) is 3. The molecule has 2 fully saturated rings. The van der Waals surface area contributed by atoms with E-state index in [1.807, 2.05) is 0 Å². The summed E-state index contributed by atoms with van der Waals surface area (Å²) in [5.74, 6) is 1.01. The highest BCUT2D eigenvalue weighted by Gasteiger charge is 2.27. The number of hydrogen-bond donors (Lipinski definition) is 1. The second-order valence-electron chi connectivity index (χ2n) is 6.36. The van der Waals surface area contributed by atoms with E-state index in [9.17, 15) is 4.79 Å². The predicted octanol–water partition coefficient (Wildman–Crippen LogP) is 1.92. The van der Waals surface area contributed by atoms with Crippen LogP contribution in [0.25, 0.3) is 0 Å². The van der Waals surface area contributed by atoms with Gasteiger partial charge in [-0.1, -0.05) is 12.8 Å². The molecule has 1 unspecified atom stereocenters. The fourth-order valence-electron chi connectivity index (χ4n) is 3.29. The molecule has 0 bridgehead atoms. The van der Waals surface area contributed by atoms with Crippen LogP contribution in [0, 0.1) is 5.92 Å². The van der Waals surface area contributed by atoms with Crippen molar-refractivity contribution in [3.63, 3.8) is 0 Å². The first-order valence-corrected chi connectivity index (χ1v) is 8.57. The summed E-state index contributed by atoms with van der Waals surface area (Å²) in [6.07, 6.45) is 6.27. The highest BCUT2D eigenvalue weighted by Crippen LogP contribution is 2.19. The van der Waals surface area contributed by atoms with Gasteiger partial charge in [0.25, 0.3) is 0 Å². The molecule has 1 amide bonds. The Balaban J connectivity index is 0.00000242. The van der Waals surface area contributed by atoms with Gasteiger partial charge in [0.15, 0.2) is 0 Å². The summed E-state index contributed by atoms with van der Waals surface area (Å²) < 4.78 is 5.38. The highest BCUT2D eigenvalue weighted by molar-refractivity contribution is 5.85. The van der Waals surface area contributed by atoms with E-state index in [2.05, 4.69) is 9.80 Å². The number of hydrogen-bond acceptors (Lipinski definition) is 4. The van der Waals surface area contributed by atoms with Gasteiger partial charge in [-0.05, 0) is 31.7 Å². The summed E-state index contributed by atoms with van der Waals surface area (Å²) in [5, 5.41) is 0. The molecule has 0 radical (unpaired) electrons. The van der Waals surface area contributed by atoms with E-state index in [-0.39, 0.29) is 24.8 Å². The molecule has 2 aliphatic rings. The normalized spacial score (nSPS) is 21.6. The molecule has 2 heterocycles. The van der Waals surface area contributed by atoms with Crippen molar-refractivity contribution in [1.82, 2.24) is 9.80 Å². The Morgan fingerprint density at radius 2 is 1.74 bits per heavy atom. The first-order valence-electron chi connectivity index (χ1n) is 8.57. The maximum Gasteiger partial charge on any atom is 0.222 e. The molecule has 0 aromatic rings. The summed E-state index contributed by atoms with van der Waals surface area (Å²) >= 11 is 0. The number of likely N-dealkylation sites (tertiary alicyclic amines) is 1. The maximum atomic E-state index is 12.2. The molecule has 23 heavy (non-hydrogen) atoms. The van der Waals surface area contributed by atoms with Gasteiger partial charge in [-0.25, -0.2) is 0 Å². The molecule has 0 aromatic heterocycles. The SMILES string of the molecule is Cl.Cl.NCCCCCCC(=O)N1CCC(CN2CCOCC2)C1. The molecule has 2 saturated heterocycles. The number of rotatable bonds is 8. The Kier molecular flexibility index (Phi) is 13.2. The Morgan fingerprint density at radius 3 is 2.43 bits per heavy atom. The number of morpholine rings is 1. The zero-order valence-corrected chi connectivity index (χ0v) is 15.7. The average molecular weight is 370 g/mol. The molecule has 0 spiro atoms. The van der Waals surface area contributed by atoms with Crippen LogP contribution in [-0.4, -0.2) is 68.2 Å². The number of carbonyl (C=O) groups is 1. The molecule has 2 N–H and O–H groups in total. The van der Waals surface area contributed by atoms with Gasteiger partial charge in [0, 0.05) is 39.1 Å². The number of nitrogens with two attached hydrogens (primary N) is 1. The van der Waals surface area contributed by atoms with E-state index >= 15 is 0 Å². The van der Waals surface area contributed by atoms with Crippen molar-refractivity contribution in [1.29, 1.82) is 0 Å². The first kappa shape index (κ1) is 22.9. The third-order valence-electron chi connectivity index (χ3n) is 4.60. The lowest BCUT2D eigenvalue weighted by atomic mass is 10.1. The van der Waals surface area contributed by atoms with Gasteiger partial charge in [-0.3, -0.25) is 9.69 Å². The monoisotopic (exact) mass is 369 g/mol. The summed E-state index contributed by atoms with van der Waals surface area (Å²) in [6.45, 7) is 7.62. The minimum Gasteiger partial charge on any atom is -0.379 e. The molecule has 0 saturated carbocycles. The van der Waals surface area contributed by atoms with Crippen LogP contribution in [0.3, 0.4) is 0 Å². The zero-order chi connectivity index (χ0) is 14.9. The fraction of sp³-hybridized carbons (Fsp3) is 0.938. The Bertz CT molecular complexity index is 316. The van der Waals surface area contributed by atoms with Crippen molar-refractivity contribution in [2.75, 3.05) is 52.5 Å². The second-order valence-corrected chi connectivity index (χ2v) is 6.36. The van der Waals surface area contributed by atoms with Gasteiger partial charge in [0.2, 0.25) is 5.91 Å². The van der Waals surface area contributed by atoms with Gasteiger partial charge in [-0.15, -0.1) is 24.8 Å². The van der Waals surface area contributed by atoms with E-state index in [4.69, 9.17) is 10.5 Å². The molecular weight excluding hydrogens is 337 g/mol. The Labute approximate surface area is 153 Å². The summed E-state index contributed by atoms with van der Waals surface area (Å²) in [4.78, 5) is 16.7. The van der Waals surface area contributed by atoms with Crippen LogP contribution in [0.15, 0.2) is 0 Å². The van der Waals surface area contributed by atoms with Crippen LogP contribution < -0.4 is 5.73 Å². The van der Waals surface area contributed by atoms with Crippen LogP contribution in [0.1, 0.15) is 38.5 Å². The minimum atomic E-state index is 0. The molecule has 2 rings (SSSR count). The van der Waals surface area contributed by atoms with Crippen LogP contribution in [0.4, 0.5) is 0 Å². The Hall–Kier alpha value is -0.0700. The van der Waals surface area contributed by atoms with Crippen LogP contribution in [-0.2, 0) is 9.53 Å². The number of amides is 1. The minimum absolute atomic E-state index is 0. The predicted molar refractivity (Wildman–Crippen MR) is 98.6 cm³/mol. The first-order chi connectivity index (χ1) is 10.3. The number of nitrogens with zero attached hydrogens (tertiary/aromatic N) is 2. The van der Waals surface area contributed by atoms with E-state index < -0.39 is 0 Å². The molecule has 0 aliphatic carbocycles. The Morgan fingerprint density at radius 1 is 1.04 bits per heavy atom. The van der Waals surface area contributed by atoms with Crippen molar-refractivity contribution < 1.29 is 9.53 Å². The highest BCUT2D eigenvalue weighted by atomic mass is 35.5. The third kappa shape index (κ3) is 8.54.